The number of benzene rings is 1. The number of anilines is 1. The van der Waals surface area contributed by atoms with E-state index in [9.17, 15) is 9.18 Å². The number of carbonyl (C=O) groups is 1. The Morgan fingerprint density at radius 2 is 1.93 bits per heavy atom. The van der Waals surface area contributed by atoms with E-state index in [1.165, 1.54) is 44.6 Å². The molecule has 0 saturated heterocycles. The highest BCUT2D eigenvalue weighted by molar-refractivity contribution is 5.91. The summed E-state index contributed by atoms with van der Waals surface area (Å²) in [5, 5.41) is 11.4. The summed E-state index contributed by atoms with van der Waals surface area (Å²) >= 11 is 0. The van der Waals surface area contributed by atoms with E-state index in [1.54, 1.807) is 12.1 Å². The molecule has 2 aromatic rings. The fourth-order valence-corrected chi connectivity index (χ4v) is 4.48. The van der Waals surface area contributed by atoms with Gasteiger partial charge in [-0.05, 0) is 43.4 Å². The topological polar surface area (TPSA) is 59.8 Å². The SMILES string of the molecule is O=C(CCC1CCCCC1)Nc1cc(-c2nnc3n2CCCCC3)ccc1F. The monoisotopic (exact) mass is 384 g/mol. The second-order valence-corrected chi connectivity index (χ2v) is 8.19. The van der Waals surface area contributed by atoms with Gasteiger partial charge in [-0.15, -0.1) is 10.2 Å². The lowest BCUT2D eigenvalue weighted by Crippen LogP contribution is -2.15. The Bertz CT molecular complexity index is 826. The minimum Gasteiger partial charge on any atom is -0.324 e. The number of nitrogens with one attached hydrogen (secondary N) is 1. The van der Waals surface area contributed by atoms with Gasteiger partial charge in [0.15, 0.2) is 5.82 Å². The molecule has 1 aromatic carbocycles. The van der Waals surface area contributed by atoms with Crippen LogP contribution in [0.15, 0.2) is 18.2 Å². The van der Waals surface area contributed by atoms with E-state index in [4.69, 9.17) is 0 Å². The van der Waals surface area contributed by atoms with Crippen LogP contribution in [0.2, 0.25) is 0 Å². The standard InChI is InChI=1S/C22H29FN4O/c23-18-12-11-17(22-26-25-20-9-5-2-6-14-27(20)22)15-19(18)24-21(28)13-10-16-7-3-1-4-8-16/h11-12,15-16H,1-10,13-14H2,(H,24,28). The first kappa shape index (κ1) is 19.1. The van der Waals surface area contributed by atoms with Crippen molar-refractivity contribution in [1.29, 1.82) is 0 Å². The number of nitrogens with zero attached hydrogens (tertiary/aromatic N) is 3. The summed E-state index contributed by atoms with van der Waals surface area (Å²) in [6, 6.07) is 4.82. The quantitative estimate of drug-likeness (QED) is 0.779. The summed E-state index contributed by atoms with van der Waals surface area (Å²) < 4.78 is 16.4. The number of fused-ring (bicyclic) bond motifs is 1. The van der Waals surface area contributed by atoms with E-state index in [2.05, 4.69) is 20.1 Å². The largest absolute Gasteiger partial charge is 0.324 e. The first-order valence-corrected chi connectivity index (χ1v) is 10.7. The number of hydrogen-bond acceptors (Lipinski definition) is 3. The van der Waals surface area contributed by atoms with Crippen molar-refractivity contribution in [1.82, 2.24) is 14.8 Å². The van der Waals surface area contributed by atoms with Crippen LogP contribution in [0, 0.1) is 11.7 Å². The van der Waals surface area contributed by atoms with Crippen LogP contribution < -0.4 is 5.32 Å². The third kappa shape index (κ3) is 4.42. The number of carbonyl (C=O) groups excluding carboxylic acids is 1. The van der Waals surface area contributed by atoms with Crippen molar-refractivity contribution in [2.75, 3.05) is 5.32 Å². The second kappa shape index (κ2) is 8.84. The molecule has 150 valence electrons. The fourth-order valence-electron chi connectivity index (χ4n) is 4.48. The molecule has 1 N–H and O–H groups in total. The van der Waals surface area contributed by atoms with Gasteiger partial charge in [-0.25, -0.2) is 4.39 Å². The number of aromatic nitrogens is 3. The zero-order chi connectivity index (χ0) is 19.3. The Morgan fingerprint density at radius 3 is 2.79 bits per heavy atom. The number of aryl methyl sites for hydroxylation is 1. The third-order valence-corrected chi connectivity index (χ3v) is 6.11. The highest BCUT2D eigenvalue weighted by atomic mass is 19.1. The molecule has 5 nitrogen and oxygen atoms in total. The maximum absolute atomic E-state index is 14.3. The highest BCUT2D eigenvalue weighted by Gasteiger charge is 2.19. The summed E-state index contributed by atoms with van der Waals surface area (Å²) in [6.07, 6.45) is 12.0. The van der Waals surface area contributed by atoms with Crippen molar-refractivity contribution in [3.8, 4) is 11.4 Å². The number of amides is 1. The lowest BCUT2D eigenvalue weighted by molar-refractivity contribution is -0.116. The van der Waals surface area contributed by atoms with Crippen molar-refractivity contribution in [3.05, 3.63) is 29.8 Å². The van der Waals surface area contributed by atoms with Crippen LogP contribution in [0.1, 0.15) is 70.0 Å². The molecule has 2 heterocycles. The van der Waals surface area contributed by atoms with Crippen molar-refractivity contribution in [2.24, 2.45) is 5.92 Å². The average molecular weight is 384 g/mol. The van der Waals surface area contributed by atoms with Crippen LogP contribution >= 0.6 is 0 Å². The zero-order valence-corrected chi connectivity index (χ0v) is 16.4. The molecule has 4 rings (SSSR count). The average Bonchev–Trinajstić information content (AvgIpc) is 2.97. The number of halogens is 1. The fraction of sp³-hybridized carbons (Fsp3) is 0.591. The van der Waals surface area contributed by atoms with Crippen LogP contribution in [-0.4, -0.2) is 20.7 Å². The first-order valence-electron chi connectivity index (χ1n) is 10.7. The van der Waals surface area contributed by atoms with Crippen LogP contribution in [0.5, 0.6) is 0 Å². The lowest BCUT2D eigenvalue weighted by Gasteiger charge is -2.21. The molecule has 6 heteroatoms. The van der Waals surface area contributed by atoms with Crippen molar-refractivity contribution in [2.45, 2.75) is 77.2 Å². The molecule has 0 atom stereocenters. The van der Waals surface area contributed by atoms with Gasteiger partial charge in [0.05, 0.1) is 5.69 Å². The van der Waals surface area contributed by atoms with E-state index in [0.717, 1.165) is 49.4 Å². The molecule has 28 heavy (non-hydrogen) atoms. The first-order chi connectivity index (χ1) is 13.7. The van der Waals surface area contributed by atoms with Crippen LogP contribution in [0.4, 0.5) is 10.1 Å². The van der Waals surface area contributed by atoms with E-state index < -0.39 is 5.82 Å². The molecule has 0 radical (unpaired) electrons. The predicted octanol–water partition coefficient (Wildman–Crippen LogP) is 5.11. The molecule has 0 bridgehead atoms. The number of hydrogen-bond donors (Lipinski definition) is 1. The molecule has 1 fully saturated rings. The summed E-state index contributed by atoms with van der Waals surface area (Å²) in [5.74, 6) is 1.87. The molecule has 1 aromatic heterocycles. The van der Waals surface area contributed by atoms with Gasteiger partial charge in [0.2, 0.25) is 5.91 Å². The van der Waals surface area contributed by atoms with E-state index in [0.29, 0.717) is 12.3 Å². The van der Waals surface area contributed by atoms with E-state index in [-0.39, 0.29) is 11.6 Å². The Labute approximate surface area is 165 Å². The molecule has 2 aliphatic rings. The molecule has 1 amide bonds. The highest BCUT2D eigenvalue weighted by Crippen LogP contribution is 2.29. The molecule has 0 unspecified atom stereocenters. The Morgan fingerprint density at radius 1 is 1.11 bits per heavy atom. The zero-order valence-electron chi connectivity index (χ0n) is 16.4. The van der Waals surface area contributed by atoms with Gasteiger partial charge in [0.1, 0.15) is 11.6 Å². The minimum atomic E-state index is -0.412. The Hall–Kier alpha value is -2.24. The number of rotatable bonds is 5. The minimum absolute atomic E-state index is 0.110. The maximum Gasteiger partial charge on any atom is 0.224 e. The Kier molecular flexibility index (Phi) is 6.03. The normalized spacial score (nSPS) is 17.8. The van der Waals surface area contributed by atoms with Crippen LogP contribution in [0.3, 0.4) is 0 Å². The van der Waals surface area contributed by atoms with Gasteiger partial charge in [0.25, 0.3) is 0 Å². The maximum atomic E-state index is 14.3. The summed E-state index contributed by atoms with van der Waals surface area (Å²) in [6.45, 7) is 0.887. The van der Waals surface area contributed by atoms with Gasteiger partial charge < -0.3 is 9.88 Å². The second-order valence-electron chi connectivity index (χ2n) is 8.19. The molecule has 1 saturated carbocycles. The van der Waals surface area contributed by atoms with Crippen molar-refractivity contribution >= 4 is 11.6 Å². The van der Waals surface area contributed by atoms with Crippen molar-refractivity contribution < 1.29 is 9.18 Å². The Balaban J connectivity index is 1.45. The van der Waals surface area contributed by atoms with Crippen molar-refractivity contribution in [3.63, 3.8) is 0 Å². The third-order valence-electron chi connectivity index (χ3n) is 6.11. The van der Waals surface area contributed by atoms with Gasteiger partial charge in [0, 0.05) is 24.9 Å². The van der Waals surface area contributed by atoms with Gasteiger partial charge >= 0.3 is 0 Å². The summed E-state index contributed by atoms with van der Waals surface area (Å²) in [4.78, 5) is 12.4. The molecular weight excluding hydrogens is 355 g/mol. The van der Waals surface area contributed by atoms with Gasteiger partial charge in [-0.1, -0.05) is 38.5 Å². The lowest BCUT2D eigenvalue weighted by atomic mass is 9.86. The van der Waals surface area contributed by atoms with Crippen LogP contribution in [0.25, 0.3) is 11.4 Å². The smallest absolute Gasteiger partial charge is 0.224 e. The molecule has 1 aliphatic heterocycles. The molecular formula is C22H29FN4O. The summed E-state index contributed by atoms with van der Waals surface area (Å²) in [5.41, 5.74) is 1.03. The molecule has 0 spiro atoms. The summed E-state index contributed by atoms with van der Waals surface area (Å²) in [7, 11) is 0. The van der Waals surface area contributed by atoms with Crippen LogP contribution in [-0.2, 0) is 17.8 Å². The molecule has 1 aliphatic carbocycles. The van der Waals surface area contributed by atoms with E-state index >= 15 is 0 Å². The van der Waals surface area contributed by atoms with Gasteiger partial charge in [-0.2, -0.15) is 0 Å². The predicted molar refractivity (Wildman–Crippen MR) is 107 cm³/mol. The van der Waals surface area contributed by atoms with E-state index in [1.807, 2.05) is 0 Å². The van der Waals surface area contributed by atoms with Gasteiger partial charge in [-0.3, -0.25) is 4.79 Å².